The highest BCUT2D eigenvalue weighted by Gasteiger charge is 2.24. The average molecular weight is 244 g/mol. The van der Waals surface area contributed by atoms with Gasteiger partial charge >= 0.3 is 0 Å². The molecule has 1 atom stereocenters. The standard InChI is InChI=1S/C16H24N2/c1-2-14-12-17-10-11-18(14)16-9-5-7-13-6-3-4-8-15(13)16/h5,7,9,14,17H,2-4,6,8,10-12H2,1H3. The Labute approximate surface area is 110 Å². The molecule has 0 spiro atoms. The van der Waals surface area contributed by atoms with Crippen molar-refractivity contribution in [2.24, 2.45) is 0 Å². The number of benzene rings is 1. The molecule has 1 aromatic rings. The third-order valence-corrected chi connectivity index (χ3v) is 4.50. The molecule has 0 aromatic heterocycles. The maximum Gasteiger partial charge on any atom is 0.0412 e. The minimum Gasteiger partial charge on any atom is -0.366 e. The lowest BCUT2D eigenvalue weighted by Crippen LogP contribution is -2.51. The summed E-state index contributed by atoms with van der Waals surface area (Å²) in [5, 5.41) is 3.52. The van der Waals surface area contributed by atoms with Gasteiger partial charge in [-0.25, -0.2) is 0 Å². The zero-order chi connectivity index (χ0) is 12.4. The number of rotatable bonds is 2. The van der Waals surface area contributed by atoms with Gasteiger partial charge < -0.3 is 10.2 Å². The summed E-state index contributed by atoms with van der Waals surface area (Å²) in [7, 11) is 0. The van der Waals surface area contributed by atoms with E-state index in [0.717, 1.165) is 19.6 Å². The average Bonchev–Trinajstić information content (AvgIpc) is 2.46. The van der Waals surface area contributed by atoms with E-state index in [-0.39, 0.29) is 0 Å². The van der Waals surface area contributed by atoms with Crippen LogP contribution in [0.1, 0.15) is 37.3 Å². The Bertz CT molecular complexity index is 414. The molecule has 0 saturated carbocycles. The number of nitrogens with zero attached hydrogens (tertiary/aromatic N) is 1. The second-order valence-electron chi connectivity index (χ2n) is 5.58. The number of nitrogens with one attached hydrogen (secondary N) is 1. The van der Waals surface area contributed by atoms with Gasteiger partial charge in [0.2, 0.25) is 0 Å². The molecule has 3 rings (SSSR count). The fraction of sp³-hybridized carbons (Fsp3) is 0.625. The van der Waals surface area contributed by atoms with E-state index in [9.17, 15) is 0 Å². The van der Waals surface area contributed by atoms with E-state index in [2.05, 4.69) is 35.3 Å². The SMILES string of the molecule is CCC1CNCCN1c1cccc2c1CCCC2. The van der Waals surface area contributed by atoms with Crippen molar-refractivity contribution in [3.05, 3.63) is 29.3 Å². The highest BCUT2D eigenvalue weighted by atomic mass is 15.2. The first-order valence-corrected chi connectivity index (χ1v) is 7.48. The molecule has 1 heterocycles. The second kappa shape index (κ2) is 5.31. The van der Waals surface area contributed by atoms with E-state index in [0.29, 0.717) is 6.04 Å². The first-order chi connectivity index (χ1) is 8.90. The van der Waals surface area contributed by atoms with Gasteiger partial charge in [-0.3, -0.25) is 0 Å². The van der Waals surface area contributed by atoms with Gasteiger partial charge in [-0.15, -0.1) is 0 Å². The van der Waals surface area contributed by atoms with Gasteiger partial charge in [0.25, 0.3) is 0 Å². The number of fused-ring (bicyclic) bond motifs is 1. The van der Waals surface area contributed by atoms with Gasteiger partial charge in [0.1, 0.15) is 0 Å². The number of hydrogen-bond acceptors (Lipinski definition) is 2. The quantitative estimate of drug-likeness (QED) is 0.860. The molecule has 1 N–H and O–H groups in total. The van der Waals surface area contributed by atoms with E-state index in [1.165, 1.54) is 37.8 Å². The molecule has 2 nitrogen and oxygen atoms in total. The first kappa shape index (κ1) is 12.0. The zero-order valence-corrected chi connectivity index (χ0v) is 11.4. The number of aryl methyl sites for hydroxylation is 1. The van der Waals surface area contributed by atoms with Crippen molar-refractivity contribution in [2.75, 3.05) is 24.5 Å². The van der Waals surface area contributed by atoms with Crippen molar-refractivity contribution in [3.63, 3.8) is 0 Å². The molecule has 0 amide bonds. The largest absolute Gasteiger partial charge is 0.366 e. The summed E-state index contributed by atoms with van der Waals surface area (Å²) < 4.78 is 0. The third-order valence-electron chi connectivity index (χ3n) is 4.50. The van der Waals surface area contributed by atoms with Crippen molar-refractivity contribution >= 4 is 5.69 Å². The Morgan fingerprint density at radius 1 is 1.28 bits per heavy atom. The highest BCUT2D eigenvalue weighted by Crippen LogP contribution is 2.32. The summed E-state index contributed by atoms with van der Waals surface area (Å²) in [4.78, 5) is 2.65. The van der Waals surface area contributed by atoms with Crippen LogP contribution < -0.4 is 10.2 Å². The number of piperazine rings is 1. The van der Waals surface area contributed by atoms with E-state index < -0.39 is 0 Å². The van der Waals surface area contributed by atoms with Crippen LogP contribution in [0.3, 0.4) is 0 Å². The summed E-state index contributed by atoms with van der Waals surface area (Å²) in [6.45, 7) is 5.73. The molecule has 0 radical (unpaired) electrons. The van der Waals surface area contributed by atoms with Gasteiger partial charge in [0.15, 0.2) is 0 Å². The minimum atomic E-state index is 0.673. The monoisotopic (exact) mass is 244 g/mol. The third kappa shape index (κ3) is 2.14. The molecule has 1 saturated heterocycles. The fourth-order valence-electron chi connectivity index (χ4n) is 3.47. The van der Waals surface area contributed by atoms with Crippen LogP contribution in [0, 0.1) is 0 Å². The summed E-state index contributed by atoms with van der Waals surface area (Å²) >= 11 is 0. The predicted octanol–water partition coefficient (Wildman–Crippen LogP) is 2.75. The summed E-state index contributed by atoms with van der Waals surface area (Å²) in [5.74, 6) is 0. The van der Waals surface area contributed by atoms with Gasteiger partial charge in [0, 0.05) is 31.4 Å². The summed E-state index contributed by atoms with van der Waals surface area (Å²) in [6.07, 6.45) is 6.54. The van der Waals surface area contributed by atoms with Gasteiger partial charge in [-0.1, -0.05) is 19.1 Å². The minimum absolute atomic E-state index is 0.673. The fourth-order valence-corrected chi connectivity index (χ4v) is 3.47. The van der Waals surface area contributed by atoms with Crippen LogP contribution in [-0.2, 0) is 12.8 Å². The topological polar surface area (TPSA) is 15.3 Å². The molecule has 18 heavy (non-hydrogen) atoms. The smallest absolute Gasteiger partial charge is 0.0412 e. The van der Waals surface area contributed by atoms with Gasteiger partial charge in [-0.2, -0.15) is 0 Å². The van der Waals surface area contributed by atoms with E-state index in [1.54, 1.807) is 11.1 Å². The van der Waals surface area contributed by atoms with Crippen LogP contribution in [-0.4, -0.2) is 25.7 Å². The van der Waals surface area contributed by atoms with Gasteiger partial charge in [-0.05, 0) is 49.3 Å². The summed E-state index contributed by atoms with van der Waals surface area (Å²) in [6, 6.07) is 7.61. The first-order valence-electron chi connectivity index (χ1n) is 7.48. The van der Waals surface area contributed by atoms with Crippen LogP contribution >= 0.6 is 0 Å². The molecule has 1 aromatic carbocycles. The van der Waals surface area contributed by atoms with Crippen LogP contribution in [0.25, 0.3) is 0 Å². The number of anilines is 1. The van der Waals surface area contributed by atoms with E-state index in [4.69, 9.17) is 0 Å². The maximum atomic E-state index is 3.52. The predicted molar refractivity (Wildman–Crippen MR) is 77.4 cm³/mol. The molecular weight excluding hydrogens is 220 g/mol. The van der Waals surface area contributed by atoms with Crippen molar-refractivity contribution in [1.29, 1.82) is 0 Å². The summed E-state index contributed by atoms with van der Waals surface area (Å²) in [5.41, 5.74) is 4.77. The molecule has 2 heteroatoms. The molecular formula is C16H24N2. The molecule has 1 aliphatic heterocycles. The highest BCUT2D eigenvalue weighted by molar-refractivity contribution is 5.58. The van der Waals surface area contributed by atoms with E-state index >= 15 is 0 Å². The van der Waals surface area contributed by atoms with Crippen LogP contribution in [0.2, 0.25) is 0 Å². The molecule has 98 valence electrons. The molecule has 1 aliphatic carbocycles. The number of hydrogen-bond donors (Lipinski definition) is 1. The maximum absolute atomic E-state index is 3.52. The normalized spacial score (nSPS) is 23.8. The van der Waals surface area contributed by atoms with Gasteiger partial charge in [0.05, 0.1) is 0 Å². The Morgan fingerprint density at radius 3 is 3.06 bits per heavy atom. The molecule has 0 bridgehead atoms. The van der Waals surface area contributed by atoms with Crippen molar-refractivity contribution in [1.82, 2.24) is 5.32 Å². The lowest BCUT2D eigenvalue weighted by Gasteiger charge is -2.39. The zero-order valence-electron chi connectivity index (χ0n) is 11.4. The Hall–Kier alpha value is -1.02. The lowest BCUT2D eigenvalue weighted by atomic mass is 9.89. The van der Waals surface area contributed by atoms with E-state index in [1.807, 2.05) is 0 Å². The lowest BCUT2D eigenvalue weighted by molar-refractivity contribution is 0.464. The molecule has 1 unspecified atom stereocenters. The van der Waals surface area contributed by atoms with Crippen molar-refractivity contribution < 1.29 is 0 Å². The Morgan fingerprint density at radius 2 is 2.17 bits per heavy atom. The van der Waals surface area contributed by atoms with Crippen molar-refractivity contribution in [3.8, 4) is 0 Å². The van der Waals surface area contributed by atoms with Crippen molar-refractivity contribution in [2.45, 2.75) is 45.1 Å². The second-order valence-corrected chi connectivity index (χ2v) is 5.58. The molecule has 1 fully saturated rings. The Kier molecular flexibility index (Phi) is 3.55. The Balaban J connectivity index is 1.95. The van der Waals surface area contributed by atoms with Crippen LogP contribution in [0.15, 0.2) is 18.2 Å². The molecule has 2 aliphatic rings. The van der Waals surface area contributed by atoms with Crippen LogP contribution in [0.4, 0.5) is 5.69 Å². The van der Waals surface area contributed by atoms with Crippen LogP contribution in [0.5, 0.6) is 0 Å².